The topological polar surface area (TPSA) is 55.9 Å². The molecule has 1 aromatic rings. The molecular formula is C13H18N3O2+. The molecule has 96 valence electrons. The molecule has 0 atom stereocenters. The quantitative estimate of drug-likeness (QED) is 0.812. The fourth-order valence-corrected chi connectivity index (χ4v) is 2.51. The third kappa shape index (κ3) is 1.90. The molecule has 1 aromatic carbocycles. The van der Waals surface area contributed by atoms with Gasteiger partial charge in [0.15, 0.2) is 0 Å². The fourth-order valence-electron chi connectivity index (χ4n) is 2.51. The summed E-state index contributed by atoms with van der Waals surface area (Å²) < 4.78 is 0. The number of hydrogen-bond donors (Lipinski definition) is 1. The molecule has 0 aromatic heterocycles. The third-order valence-corrected chi connectivity index (χ3v) is 3.15. The Labute approximate surface area is 106 Å². The van der Waals surface area contributed by atoms with Gasteiger partial charge in [-0.15, -0.1) is 4.94 Å². The molecule has 0 saturated heterocycles. The van der Waals surface area contributed by atoms with Crippen LogP contribution >= 0.6 is 0 Å². The smallest absolute Gasteiger partial charge is 0.222 e. The van der Waals surface area contributed by atoms with Crippen molar-refractivity contribution in [3.05, 3.63) is 40.8 Å². The van der Waals surface area contributed by atoms with Crippen LogP contribution in [0.2, 0.25) is 0 Å². The normalized spacial score (nSPS) is 21.4. The van der Waals surface area contributed by atoms with Crippen LogP contribution in [0, 0.1) is 4.91 Å². The van der Waals surface area contributed by atoms with Crippen molar-refractivity contribution < 1.29 is 10.3 Å². The molecular weight excluding hydrogens is 230 g/mol. The van der Waals surface area contributed by atoms with Gasteiger partial charge in [-0.05, 0) is 38.3 Å². The van der Waals surface area contributed by atoms with Gasteiger partial charge in [-0.1, -0.05) is 30.3 Å². The van der Waals surface area contributed by atoms with E-state index in [0.29, 0.717) is 0 Å². The fraction of sp³-hybridized carbons (Fsp3) is 0.462. The summed E-state index contributed by atoms with van der Waals surface area (Å²) in [6, 6.07) is 9.91. The van der Waals surface area contributed by atoms with E-state index in [1.807, 2.05) is 58.0 Å². The van der Waals surface area contributed by atoms with Gasteiger partial charge in [-0.3, -0.25) is 4.99 Å². The SMILES string of the molecule is CC1(C)N=C(c2ccccc2)C(C)(C)N1O[NH+]=O. The maximum atomic E-state index is 10.5. The zero-order chi connectivity index (χ0) is 13.4. The first-order valence-electron chi connectivity index (χ1n) is 5.90. The van der Waals surface area contributed by atoms with Crippen LogP contribution in [0.3, 0.4) is 0 Å². The first-order valence-corrected chi connectivity index (χ1v) is 5.90. The molecule has 18 heavy (non-hydrogen) atoms. The summed E-state index contributed by atoms with van der Waals surface area (Å²) in [4.78, 5) is 20.2. The summed E-state index contributed by atoms with van der Waals surface area (Å²) in [5.41, 5.74) is 0.866. The monoisotopic (exact) mass is 248 g/mol. The first kappa shape index (κ1) is 12.7. The molecule has 0 amide bonds. The number of hydrogen-bond acceptors (Lipinski definition) is 4. The Morgan fingerprint density at radius 1 is 1.17 bits per heavy atom. The third-order valence-electron chi connectivity index (χ3n) is 3.15. The predicted octanol–water partition coefficient (Wildman–Crippen LogP) is 1.000. The van der Waals surface area contributed by atoms with Crippen molar-refractivity contribution in [1.82, 2.24) is 5.06 Å². The maximum Gasteiger partial charge on any atom is 0.222 e. The lowest BCUT2D eigenvalue weighted by Crippen LogP contribution is -2.72. The lowest BCUT2D eigenvalue weighted by atomic mass is 9.93. The Morgan fingerprint density at radius 2 is 1.78 bits per heavy atom. The van der Waals surface area contributed by atoms with Crippen molar-refractivity contribution in [2.75, 3.05) is 0 Å². The van der Waals surface area contributed by atoms with E-state index in [4.69, 9.17) is 4.94 Å². The molecule has 2 rings (SSSR count). The molecule has 5 heteroatoms. The van der Waals surface area contributed by atoms with E-state index in [2.05, 4.69) is 4.99 Å². The van der Waals surface area contributed by atoms with Crippen LogP contribution in [0.15, 0.2) is 35.3 Å². The Balaban J connectivity index is 2.47. The van der Waals surface area contributed by atoms with Crippen LogP contribution in [0.5, 0.6) is 0 Å². The molecule has 0 bridgehead atoms. The number of nitrogens with zero attached hydrogens (tertiary/aromatic N) is 2. The number of rotatable bonds is 3. The molecule has 0 unspecified atom stereocenters. The van der Waals surface area contributed by atoms with Crippen LogP contribution in [0.4, 0.5) is 0 Å². The molecule has 0 spiro atoms. The summed E-state index contributed by atoms with van der Waals surface area (Å²) in [6.07, 6.45) is 0. The summed E-state index contributed by atoms with van der Waals surface area (Å²) in [7, 11) is 0. The van der Waals surface area contributed by atoms with E-state index >= 15 is 0 Å². The van der Waals surface area contributed by atoms with Crippen molar-refractivity contribution in [1.29, 1.82) is 0 Å². The van der Waals surface area contributed by atoms with E-state index in [1.54, 1.807) is 5.06 Å². The summed E-state index contributed by atoms with van der Waals surface area (Å²) in [5, 5.41) is 3.07. The largest absolute Gasteiger partial charge is 0.262 e. The van der Waals surface area contributed by atoms with E-state index in [0.717, 1.165) is 11.3 Å². The molecule has 5 nitrogen and oxygen atoms in total. The molecule has 1 aliphatic rings. The minimum atomic E-state index is -0.591. The van der Waals surface area contributed by atoms with Gasteiger partial charge in [0.2, 0.25) is 5.34 Å². The second kappa shape index (κ2) is 4.17. The van der Waals surface area contributed by atoms with Gasteiger partial charge in [-0.2, -0.15) is 0 Å². The van der Waals surface area contributed by atoms with E-state index in [-0.39, 0.29) is 0 Å². The molecule has 0 aliphatic carbocycles. The summed E-state index contributed by atoms with van der Waals surface area (Å²) in [6.45, 7) is 7.76. The zero-order valence-electron chi connectivity index (χ0n) is 11.1. The highest BCUT2D eigenvalue weighted by Crippen LogP contribution is 2.36. The molecule has 0 saturated carbocycles. The predicted molar refractivity (Wildman–Crippen MR) is 68.4 cm³/mol. The van der Waals surface area contributed by atoms with Gasteiger partial charge >= 0.3 is 0 Å². The van der Waals surface area contributed by atoms with Crippen LogP contribution in [0.25, 0.3) is 0 Å². The summed E-state index contributed by atoms with van der Waals surface area (Å²) >= 11 is 0. The second-order valence-electron chi connectivity index (χ2n) is 5.35. The highest BCUT2D eigenvalue weighted by atomic mass is 16.9. The summed E-state index contributed by atoms with van der Waals surface area (Å²) in [5.74, 6) is 0. The number of aliphatic imine (C=N–C) groups is 1. The van der Waals surface area contributed by atoms with Gasteiger partial charge in [0.1, 0.15) is 11.2 Å². The minimum absolute atomic E-state index is 0.484. The lowest BCUT2D eigenvalue weighted by molar-refractivity contribution is -0.831. The first-order chi connectivity index (χ1) is 8.39. The maximum absolute atomic E-state index is 10.5. The highest BCUT2D eigenvalue weighted by Gasteiger charge is 2.52. The Bertz CT molecular complexity index is 480. The zero-order valence-corrected chi connectivity index (χ0v) is 11.1. The highest BCUT2D eigenvalue weighted by molar-refractivity contribution is 6.08. The Hall–Kier alpha value is -1.75. The molecule has 0 fully saturated rings. The Morgan fingerprint density at radius 3 is 2.33 bits per heavy atom. The van der Waals surface area contributed by atoms with Gasteiger partial charge in [0.25, 0.3) is 0 Å². The van der Waals surface area contributed by atoms with Crippen LogP contribution in [-0.2, 0) is 4.94 Å². The van der Waals surface area contributed by atoms with Crippen LogP contribution in [0.1, 0.15) is 33.3 Å². The van der Waals surface area contributed by atoms with Crippen LogP contribution < -0.4 is 5.34 Å². The van der Waals surface area contributed by atoms with E-state index in [9.17, 15) is 4.91 Å². The molecule has 0 radical (unpaired) electrons. The lowest BCUT2D eigenvalue weighted by Gasteiger charge is -2.31. The number of hydroxylamine groups is 2. The van der Waals surface area contributed by atoms with Crippen molar-refractivity contribution in [3.63, 3.8) is 0 Å². The van der Waals surface area contributed by atoms with Crippen molar-refractivity contribution in [3.8, 4) is 0 Å². The van der Waals surface area contributed by atoms with Gasteiger partial charge in [-0.25, -0.2) is 0 Å². The van der Waals surface area contributed by atoms with Crippen LogP contribution in [-0.4, -0.2) is 22.0 Å². The number of benzene rings is 1. The molecule has 1 aliphatic heterocycles. The van der Waals surface area contributed by atoms with E-state index in [1.165, 1.54) is 5.34 Å². The Kier molecular flexibility index (Phi) is 2.94. The molecule has 1 heterocycles. The van der Waals surface area contributed by atoms with Crippen molar-refractivity contribution in [2.45, 2.75) is 38.9 Å². The van der Waals surface area contributed by atoms with Crippen molar-refractivity contribution in [2.24, 2.45) is 4.99 Å². The van der Waals surface area contributed by atoms with Gasteiger partial charge < -0.3 is 0 Å². The van der Waals surface area contributed by atoms with Crippen molar-refractivity contribution >= 4 is 5.71 Å². The van der Waals surface area contributed by atoms with Gasteiger partial charge in [0, 0.05) is 0 Å². The average Bonchev–Trinajstić information content (AvgIpc) is 2.50. The van der Waals surface area contributed by atoms with E-state index < -0.39 is 11.2 Å². The minimum Gasteiger partial charge on any atom is -0.262 e. The van der Waals surface area contributed by atoms with Gasteiger partial charge in [0.05, 0.1) is 10.6 Å². The molecule has 1 N–H and O–H groups in total. The second-order valence-corrected chi connectivity index (χ2v) is 5.35. The average molecular weight is 248 g/mol. The standard InChI is InChI=1S/C13H18N3O2/c1-12(2)11(10-8-6-5-7-9-10)14-13(3,4)16(12)18-15-17/h5-9,15H,1-4H3/q+1. The number of nitrogens with one attached hydrogen (secondary N) is 1.